The van der Waals surface area contributed by atoms with E-state index in [9.17, 15) is 9.59 Å². The van der Waals surface area contributed by atoms with Gasteiger partial charge in [0.05, 0.1) is 36.8 Å². The fourth-order valence-electron chi connectivity index (χ4n) is 4.72. The van der Waals surface area contributed by atoms with E-state index in [0.29, 0.717) is 58.0 Å². The number of ether oxygens (including phenoxy) is 5. The average Bonchev–Trinajstić information content (AvgIpc) is 3.21. The monoisotopic (exact) mass is 538 g/mol. The van der Waals surface area contributed by atoms with E-state index >= 15 is 0 Å². The lowest BCUT2D eigenvalue weighted by atomic mass is 9.93. The van der Waals surface area contributed by atoms with Gasteiger partial charge in [0.15, 0.2) is 28.5 Å². The van der Waals surface area contributed by atoms with E-state index in [0.717, 1.165) is 5.56 Å². The molecule has 3 heterocycles. The Balaban J connectivity index is 1.54. The second kappa shape index (κ2) is 10.5. The molecule has 0 aromatic heterocycles. The van der Waals surface area contributed by atoms with Gasteiger partial charge in [0.2, 0.25) is 0 Å². The Morgan fingerprint density at radius 3 is 2.58 bits per heavy atom. The zero-order valence-corrected chi connectivity index (χ0v) is 22.7. The molecule has 1 saturated heterocycles. The fraction of sp³-hybridized carbons (Fsp3) is 0.357. The molecular formula is C28H30N2O7S. The second-order valence-electron chi connectivity index (χ2n) is 9.25. The molecule has 2 atom stereocenters. The van der Waals surface area contributed by atoms with Gasteiger partial charge in [-0.15, -0.1) is 0 Å². The predicted octanol–water partition coefficient (Wildman–Crippen LogP) is 4.25. The molecular weight excluding hydrogens is 508 g/mol. The minimum absolute atomic E-state index is 0.0457. The zero-order valence-electron chi connectivity index (χ0n) is 21.9. The molecule has 0 radical (unpaired) electrons. The van der Waals surface area contributed by atoms with Crippen LogP contribution in [0.4, 0.5) is 0 Å². The molecule has 0 bridgehead atoms. The number of nitrogens with zero attached hydrogens (tertiary/aromatic N) is 1. The summed E-state index contributed by atoms with van der Waals surface area (Å²) < 4.78 is 27.9. The van der Waals surface area contributed by atoms with Crippen LogP contribution < -0.4 is 24.3 Å². The first-order valence-electron chi connectivity index (χ1n) is 12.3. The maximum Gasteiger partial charge on any atom is 0.337 e. The summed E-state index contributed by atoms with van der Waals surface area (Å²) >= 11 is 1.39. The molecule has 1 fully saturated rings. The van der Waals surface area contributed by atoms with E-state index in [-0.39, 0.29) is 12.0 Å². The van der Waals surface area contributed by atoms with Crippen molar-refractivity contribution in [3.63, 3.8) is 0 Å². The van der Waals surface area contributed by atoms with E-state index in [1.807, 2.05) is 51.1 Å². The summed E-state index contributed by atoms with van der Waals surface area (Å²) in [4.78, 5) is 29.0. The Hall–Kier alpha value is -3.79. The molecule has 0 aliphatic carbocycles. The van der Waals surface area contributed by atoms with Crippen molar-refractivity contribution in [3.8, 4) is 23.0 Å². The summed E-state index contributed by atoms with van der Waals surface area (Å²) in [5, 5.41) is 3.31. The Bertz CT molecular complexity index is 1340. The van der Waals surface area contributed by atoms with Crippen molar-refractivity contribution in [2.24, 2.45) is 0 Å². The first kappa shape index (κ1) is 25.8. The minimum atomic E-state index is -0.693. The normalized spacial score (nSPS) is 21.4. The van der Waals surface area contributed by atoms with Crippen LogP contribution in [0.3, 0.4) is 0 Å². The highest BCUT2D eigenvalue weighted by Crippen LogP contribution is 2.48. The smallest absolute Gasteiger partial charge is 0.337 e. The van der Waals surface area contributed by atoms with Crippen molar-refractivity contribution in [1.29, 1.82) is 0 Å². The maximum atomic E-state index is 13.9. The van der Waals surface area contributed by atoms with Crippen molar-refractivity contribution in [2.45, 2.75) is 38.4 Å². The van der Waals surface area contributed by atoms with Gasteiger partial charge in [-0.05, 0) is 62.2 Å². The molecule has 5 rings (SSSR count). The molecule has 1 amide bonds. The third kappa shape index (κ3) is 4.76. The lowest BCUT2D eigenvalue weighted by molar-refractivity contribution is -0.138. The molecule has 0 saturated carbocycles. The van der Waals surface area contributed by atoms with Crippen LogP contribution in [0, 0.1) is 0 Å². The van der Waals surface area contributed by atoms with Crippen LogP contribution >= 0.6 is 11.8 Å². The lowest BCUT2D eigenvalue weighted by Gasteiger charge is -2.39. The number of thioether (sulfide) groups is 1. The van der Waals surface area contributed by atoms with Crippen LogP contribution in [0.5, 0.6) is 23.0 Å². The van der Waals surface area contributed by atoms with Gasteiger partial charge in [-0.1, -0.05) is 23.9 Å². The van der Waals surface area contributed by atoms with Gasteiger partial charge in [-0.25, -0.2) is 4.79 Å². The highest BCUT2D eigenvalue weighted by molar-refractivity contribution is 8.05. The van der Waals surface area contributed by atoms with E-state index < -0.39 is 17.5 Å². The van der Waals surface area contributed by atoms with Gasteiger partial charge in [-0.2, -0.15) is 0 Å². The number of hydrogen-bond donors (Lipinski definition) is 1. The maximum absolute atomic E-state index is 13.9. The fourth-order valence-corrected chi connectivity index (χ4v) is 5.94. The number of amides is 1. The number of rotatable bonds is 6. The summed E-state index contributed by atoms with van der Waals surface area (Å²) in [5.74, 6) is 1.71. The Morgan fingerprint density at radius 1 is 1.11 bits per heavy atom. The number of hydrogen-bond acceptors (Lipinski definition) is 9. The molecule has 0 unspecified atom stereocenters. The van der Waals surface area contributed by atoms with Gasteiger partial charge in [0.1, 0.15) is 13.2 Å². The summed E-state index contributed by atoms with van der Waals surface area (Å²) in [7, 11) is 2.89. The molecule has 0 spiro atoms. The van der Waals surface area contributed by atoms with Gasteiger partial charge < -0.3 is 29.0 Å². The van der Waals surface area contributed by atoms with Crippen LogP contribution in [0.15, 0.2) is 52.6 Å². The van der Waals surface area contributed by atoms with Crippen molar-refractivity contribution in [3.05, 3.63) is 63.7 Å². The molecule has 9 nitrogen and oxygen atoms in total. The standard InChI is InChI=1S/C28H30N2O7S/c1-15(2)37-20-9-7-18(14-21(20)33-4)25-24(27(32)34-5)16(3)29-28-30(25)26(31)23(38-28)13-17-6-8-19-22(12-17)36-11-10-35-19/h6-9,12-15,25,28-29H,10-11H2,1-5H3/b23-13-/t25-,28+/m0/s1. The molecule has 3 aliphatic heterocycles. The topological polar surface area (TPSA) is 95.6 Å². The van der Waals surface area contributed by atoms with Gasteiger partial charge in [0, 0.05) is 5.70 Å². The van der Waals surface area contributed by atoms with Gasteiger partial charge >= 0.3 is 5.97 Å². The van der Waals surface area contributed by atoms with E-state index in [1.165, 1.54) is 18.9 Å². The number of nitrogens with one attached hydrogen (secondary N) is 1. The molecule has 1 N–H and O–H groups in total. The molecule has 2 aromatic rings. The highest BCUT2D eigenvalue weighted by atomic mass is 32.2. The molecule has 2 aromatic carbocycles. The Labute approximate surface area is 225 Å². The van der Waals surface area contributed by atoms with E-state index in [4.69, 9.17) is 23.7 Å². The molecule has 200 valence electrons. The molecule has 3 aliphatic rings. The average molecular weight is 539 g/mol. The Kier molecular flexibility index (Phi) is 7.16. The van der Waals surface area contributed by atoms with Crippen molar-refractivity contribution in [1.82, 2.24) is 10.2 Å². The highest BCUT2D eigenvalue weighted by Gasteiger charge is 2.48. The third-order valence-corrected chi connectivity index (χ3v) is 7.48. The third-order valence-electron chi connectivity index (χ3n) is 6.37. The quantitative estimate of drug-likeness (QED) is 0.428. The van der Waals surface area contributed by atoms with Crippen molar-refractivity contribution in [2.75, 3.05) is 27.4 Å². The van der Waals surface area contributed by atoms with Crippen molar-refractivity contribution < 1.29 is 33.3 Å². The van der Waals surface area contributed by atoms with Crippen LogP contribution in [-0.4, -0.2) is 55.8 Å². The first-order valence-corrected chi connectivity index (χ1v) is 13.2. The number of fused-ring (bicyclic) bond motifs is 2. The number of esters is 1. The van der Waals surface area contributed by atoms with Crippen LogP contribution in [0.25, 0.3) is 6.08 Å². The minimum Gasteiger partial charge on any atom is -0.493 e. The summed E-state index contributed by atoms with van der Waals surface area (Å²) in [5.41, 5.74) is 2.11. The Morgan fingerprint density at radius 2 is 1.87 bits per heavy atom. The molecule has 38 heavy (non-hydrogen) atoms. The number of allylic oxidation sites excluding steroid dienone is 1. The van der Waals surface area contributed by atoms with Gasteiger partial charge in [-0.3, -0.25) is 9.69 Å². The number of carbonyl (C=O) groups is 2. The SMILES string of the molecule is COC(=O)C1=C(C)N[C@H]2S/C(=C\c3ccc4c(c3)OCCO4)C(=O)N2[C@H]1c1ccc(OC(C)C)c(OC)c1. The summed E-state index contributed by atoms with van der Waals surface area (Å²) in [6.07, 6.45) is 1.78. The van der Waals surface area contributed by atoms with Crippen molar-refractivity contribution >= 4 is 29.7 Å². The largest absolute Gasteiger partial charge is 0.493 e. The summed E-state index contributed by atoms with van der Waals surface area (Å²) in [6.45, 7) is 6.67. The van der Waals surface area contributed by atoms with Gasteiger partial charge in [0.25, 0.3) is 5.91 Å². The van der Waals surface area contributed by atoms with E-state index in [1.54, 1.807) is 24.1 Å². The summed E-state index contributed by atoms with van der Waals surface area (Å²) in [6, 6.07) is 10.4. The van der Waals surface area contributed by atoms with Crippen LogP contribution in [0.1, 0.15) is 37.9 Å². The van der Waals surface area contributed by atoms with Crippen LogP contribution in [-0.2, 0) is 14.3 Å². The predicted molar refractivity (Wildman–Crippen MR) is 143 cm³/mol. The number of methoxy groups -OCH3 is 2. The van der Waals surface area contributed by atoms with E-state index in [2.05, 4.69) is 5.32 Å². The number of benzene rings is 2. The number of carbonyl (C=O) groups excluding carboxylic acids is 2. The zero-order chi connectivity index (χ0) is 27.0. The lowest BCUT2D eigenvalue weighted by Crippen LogP contribution is -2.49. The van der Waals surface area contributed by atoms with Crippen LogP contribution in [0.2, 0.25) is 0 Å². The molecule has 10 heteroatoms. The first-order chi connectivity index (χ1) is 18.3. The second-order valence-corrected chi connectivity index (χ2v) is 10.4.